The summed E-state index contributed by atoms with van der Waals surface area (Å²) in [5.74, 6) is 7.59. The Kier molecular flexibility index (Phi) is 6.20. The Morgan fingerprint density at radius 1 is 1.23 bits per heavy atom. The lowest BCUT2D eigenvalue weighted by molar-refractivity contribution is -0.496. The molecule has 0 amide bonds. The number of nitrogens with two attached hydrogens (primary N) is 1. The van der Waals surface area contributed by atoms with E-state index in [9.17, 15) is 5.21 Å². The lowest BCUT2D eigenvalue weighted by Gasteiger charge is -2.29. The first-order valence-corrected chi connectivity index (χ1v) is 8.74. The molecular formula is C20H22N4O2. The number of piperidine rings is 1. The third-order valence-electron chi connectivity index (χ3n) is 4.18. The Morgan fingerprint density at radius 2 is 2.00 bits per heavy atom. The van der Waals surface area contributed by atoms with Gasteiger partial charge in [0.1, 0.15) is 0 Å². The zero-order chi connectivity index (χ0) is 18.2. The van der Waals surface area contributed by atoms with Gasteiger partial charge >= 0.3 is 0 Å². The number of pyridine rings is 2. The van der Waals surface area contributed by atoms with E-state index in [4.69, 9.17) is 4.74 Å². The molecule has 0 unspecified atom stereocenters. The van der Waals surface area contributed by atoms with Gasteiger partial charge in [-0.2, -0.15) is 0 Å². The number of quaternary nitrogens is 1. The number of hydrogen-bond donors (Lipinski definition) is 1. The van der Waals surface area contributed by atoms with Crippen molar-refractivity contribution < 1.29 is 10.2 Å². The van der Waals surface area contributed by atoms with Crippen LogP contribution in [0.4, 0.5) is 11.5 Å². The summed E-state index contributed by atoms with van der Waals surface area (Å²) in [5.41, 5.74) is 3.61. The first kappa shape index (κ1) is 17.9. The van der Waals surface area contributed by atoms with E-state index < -0.39 is 0 Å². The molecule has 0 spiro atoms. The number of aromatic nitrogens is 2. The molecule has 2 aromatic rings. The Bertz CT molecular complexity index is 829. The summed E-state index contributed by atoms with van der Waals surface area (Å²) in [7, 11) is 0. The number of rotatable bonds is 4. The van der Waals surface area contributed by atoms with Crippen LogP contribution in [-0.2, 0) is 0 Å². The smallest absolute Gasteiger partial charge is 0.229 e. The molecule has 2 aromatic heterocycles. The van der Waals surface area contributed by atoms with E-state index >= 15 is 0 Å². The zero-order valence-corrected chi connectivity index (χ0v) is 14.8. The van der Waals surface area contributed by atoms with Gasteiger partial charge in [0.15, 0.2) is 11.5 Å². The van der Waals surface area contributed by atoms with Crippen LogP contribution in [0.25, 0.3) is 0 Å². The van der Waals surface area contributed by atoms with Gasteiger partial charge in [-0.1, -0.05) is 17.4 Å². The van der Waals surface area contributed by atoms with Crippen molar-refractivity contribution in [3.8, 4) is 17.7 Å². The molecule has 0 atom stereocenters. The van der Waals surface area contributed by atoms with Gasteiger partial charge in [0, 0.05) is 31.5 Å². The first-order chi connectivity index (χ1) is 12.8. The van der Waals surface area contributed by atoms with E-state index in [1.165, 1.54) is 5.57 Å². The molecule has 0 aliphatic carbocycles. The third kappa shape index (κ3) is 4.39. The normalized spacial score (nSPS) is 13.8. The van der Waals surface area contributed by atoms with Crippen molar-refractivity contribution in [3.05, 3.63) is 59.1 Å². The van der Waals surface area contributed by atoms with E-state index in [-0.39, 0.29) is 0 Å². The summed E-state index contributed by atoms with van der Waals surface area (Å²) in [5, 5.41) is 11.2. The molecular weight excluding hydrogens is 328 g/mol. The van der Waals surface area contributed by atoms with Gasteiger partial charge in [-0.3, -0.25) is 0 Å². The number of allylic oxidation sites excluding steroid dienone is 1. The van der Waals surface area contributed by atoms with E-state index in [0.717, 1.165) is 42.8 Å². The van der Waals surface area contributed by atoms with Crippen LogP contribution in [0.2, 0.25) is 0 Å². The number of ether oxygens (including phenoxy) is 1. The van der Waals surface area contributed by atoms with Gasteiger partial charge in [-0.15, -0.1) is 0 Å². The molecule has 1 aliphatic rings. The highest BCUT2D eigenvalue weighted by atomic mass is 16.5. The molecule has 3 rings (SSSR count). The Morgan fingerprint density at radius 3 is 2.77 bits per heavy atom. The lowest BCUT2D eigenvalue weighted by Crippen LogP contribution is -2.70. The van der Waals surface area contributed by atoms with Crippen molar-refractivity contribution in [2.45, 2.75) is 19.8 Å². The number of anilines is 1. The van der Waals surface area contributed by atoms with E-state index in [2.05, 4.69) is 26.7 Å². The van der Waals surface area contributed by atoms with Gasteiger partial charge in [0.25, 0.3) is 0 Å². The van der Waals surface area contributed by atoms with Crippen LogP contribution in [0.1, 0.15) is 25.3 Å². The minimum atomic E-state index is 0.568. The topological polar surface area (TPSA) is 77.9 Å². The fourth-order valence-corrected chi connectivity index (χ4v) is 2.87. The average molecular weight is 350 g/mol. The van der Waals surface area contributed by atoms with Gasteiger partial charge in [0.2, 0.25) is 5.88 Å². The third-order valence-corrected chi connectivity index (χ3v) is 4.18. The number of nitrogens with zero attached hydrogens (tertiary/aromatic N) is 3. The minimum Gasteiger partial charge on any atom is -0.630 e. The summed E-state index contributed by atoms with van der Waals surface area (Å²) in [4.78, 5) is 10.7. The number of hydrogen-bond acceptors (Lipinski definition) is 5. The SMILES string of the molecule is CCOc1ncccc1C#CC=C1CCN(c2ncccc2[NH2+][O-])CC1. The van der Waals surface area contributed by atoms with Crippen LogP contribution in [0, 0.1) is 17.0 Å². The van der Waals surface area contributed by atoms with E-state index in [0.29, 0.717) is 18.2 Å². The Balaban J connectivity index is 1.64. The van der Waals surface area contributed by atoms with Crippen LogP contribution < -0.4 is 15.1 Å². The molecule has 1 aliphatic heterocycles. The Labute approximate surface area is 153 Å². The quantitative estimate of drug-likeness (QED) is 0.675. The van der Waals surface area contributed by atoms with Gasteiger partial charge in [-0.05, 0) is 44.0 Å². The zero-order valence-electron chi connectivity index (χ0n) is 14.8. The lowest BCUT2D eigenvalue weighted by atomic mass is 10.0. The van der Waals surface area contributed by atoms with Gasteiger partial charge in [-0.25, -0.2) is 9.97 Å². The standard InChI is InChI=1S/C20H22N4O2/c1-2-26-20-17(8-4-13-22-20)7-3-6-16-10-14-24(15-11-16)19-18(23-25)9-5-12-21-19/h4-6,8-9,12-13H,2,10-11,14-15,23H2,1H3. The van der Waals surface area contributed by atoms with E-state index in [1.54, 1.807) is 24.5 Å². The monoisotopic (exact) mass is 350 g/mol. The summed E-state index contributed by atoms with van der Waals surface area (Å²) in [6.07, 6.45) is 7.24. The van der Waals surface area contributed by atoms with Crippen LogP contribution in [0.15, 0.2) is 48.3 Å². The molecule has 0 aromatic carbocycles. The summed E-state index contributed by atoms with van der Waals surface area (Å²) >= 11 is 0. The fourth-order valence-electron chi connectivity index (χ4n) is 2.87. The van der Waals surface area contributed by atoms with Crippen LogP contribution in [0.3, 0.4) is 0 Å². The second-order valence-corrected chi connectivity index (χ2v) is 5.88. The van der Waals surface area contributed by atoms with Crippen molar-refractivity contribution in [2.75, 3.05) is 24.6 Å². The summed E-state index contributed by atoms with van der Waals surface area (Å²) in [6.45, 7) is 4.17. The predicted molar refractivity (Wildman–Crippen MR) is 101 cm³/mol. The average Bonchev–Trinajstić information content (AvgIpc) is 2.70. The molecule has 3 heterocycles. The van der Waals surface area contributed by atoms with Gasteiger partial charge in [0.05, 0.1) is 12.2 Å². The molecule has 6 nitrogen and oxygen atoms in total. The molecule has 6 heteroatoms. The van der Waals surface area contributed by atoms with Crippen LogP contribution in [0.5, 0.6) is 5.88 Å². The highest BCUT2D eigenvalue weighted by molar-refractivity contribution is 5.57. The molecule has 0 radical (unpaired) electrons. The van der Waals surface area contributed by atoms with Crippen molar-refractivity contribution in [1.82, 2.24) is 9.97 Å². The maximum Gasteiger partial charge on any atom is 0.229 e. The minimum absolute atomic E-state index is 0.568. The molecule has 134 valence electrons. The predicted octanol–water partition coefficient (Wildman–Crippen LogP) is 2.15. The largest absolute Gasteiger partial charge is 0.630 e. The van der Waals surface area contributed by atoms with E-state index in [1.807, 2.05) is 25.1 Å². The molecule has 1 saturated heterocycles. The first-order valence-electron chi connectivity index (χ1n) is 8.74. The maximum atomic E-state index is 11.2. The van der Waals surface area contributed by atoms with Crippen molar-refractivity contribution in [3.63, 3.8) is 0 Å². The summed E-state index contributed by atoms with van der Waals surface area (Å²) in [6, 6.07) is 7.35. The molecule has 26 heavy (non-hydrogen) atoms. The van der Waals surface area contributed by atoms with Gasteiger partial charge < -0.3 is 20.3 Å². The summed E-state index contributed by atoms with van der Waals surface area (Å²) < 4.78 is 5.49. The molecule has 1 fully saturated rings. The van der Waals surface area contributed by atoms with Crippen molar-refractivity contribution >= 4 is 11.5 Å². The molecule has 0 saturated carbocycles. The fraction of sp³-hybridized carbons (Fsp3) is 0.300. The van der Waals surface area contributed by atoms with Crippen LogP contribution >= 0.6 is 0 Å². The highest BCUT2D eigenvalue weighted by Gasteiger charge is 2.18. The van der Waals surface area contributed by atoms with Crippen molar-refractivity contribution in [1.29, 1.82) is 0 Å². The molecule has 0 bridgehead atoms. The second kappa shape index (κ2) is 8.99. The Hall–Kier alpha value is -2.88. The second-order valence-electron chi connectivity index (χ2n) is 5.88. The van der Waals surface area contributed by atoms with Crippen LogP contribution in [-0.4, -0.2) is 29.7 Å². The maximum absolute atomic E-state index is 11.2. The molecule has 2 N–H and O–H groups in total. The highest BCUT2D eigenvalue weighted by Crippen LogP contribution is 2.24. The van der Waals surface area contributed by atoms with Crippen molar-refractivity contribution in [2.24, 2.45) is 0 Å².